The Kier molecular flexibility index (Phi) is 4.40. The highest BCUT2D eigenvalue weighted by Gasteiger charge is 2.35. The first-order valence-electron chi connectivity index (χ1n) is 6.86. The van der Waals surface area contributed by atoms with Gasteiger partial charge in [0.15, 0.2) is 0 Å². The number of nitrogen functional groups attached to an aromatic ring is 1. The molecule has 2 rings (SSSR count). The molecular weight excluding hydrogens is 248 g/mol. The predicted molar refractivity (Wildman–Crippen MR) is 72.3 cm³/mol. The molecule has 2 nitrogen and oxygen atoms in total. The van der Waals surface area contributed by atoms with Gasteiger partial charge in [0.25, 0.3) is 0 Å². The molecule has 4 heteroatoms. The molecule has 1 aromatic carbocycles. The summed E-state index contributed by atoms with van der Waals surface area (Å²) in [5.74, 6) is -2.34. The first-order chi connectivity index (χ1) is 9.03. The van der Waals surface area contributed by atoms with Gasteiger partial charge in [-0.25, -0.2) is 8.78 Å². The van der Waals surface area contributed by atoms with Crippen LogP contribution in [0, 0.1) is 0 Å². The van der Waals surface area contributed by atoms with Gasteiger partial charge >= 0.3 is 0 Å². The summed E-state index contributed by atoms with van der Waals surface area (Å²) < 4.78 is 31.8. The van der Waals surface area contributed by atoms with Crippen molar-refractivity contribution in [2.75, 3.05) is 12.3 Å². The van der Waals surface area contributed by atoms with E-state index in [-0.39, 0.29) is 18.8 Å². The average Bonchev–Trinajstić information content (AvgIpc) is 2.38. The van der Waals surface area contributed by atoms with Gasteiger partial charge in [-0.15, -0.1) is 0 Å². The number of halogens is 2. The number of hydrogen-bond acceptors (Lipinski definition) is 2. The van der Waals surface area contributed by atoms with Crippen molar-refractivity contribution in [3.8, 4) is 0 Å². The Morgan fingerprint density at radius 1 is 1.32 bits per heavy atom. The van der Waals surface area contributed by atoms with Crippen molar-refractivity contribution in [2.24, 2.45) is 0 Å². The quantitative estimate of drug-likeness (QED) is 0.835. The van der Waals surface area contributed by atoms with Crippen LogP contribution in [0.5, 0.6) is 0 Å². The molecule has 0 aromatic heterocycles. The second-order valence-electron chi connectivity index (χ2n) is 5.19. The minimum Gasteiger partial charge on any atom is -0.398 e. The number of anilines is 1. The standard InChI is InChI=1S/C15H21F2NO/c1-2-19-10-12-4-3-5-13(14(12)18)11-6-8-15(16,17)9-7-11/h3-5,11H,2,6-10,18H2,1H3. The van der Waals surface area contributed by atoms with E-state index < -0.39 is 5.92 Å². The summed E-state index contributed by atoms with van der Waals surface area (Å²) in [4.78, 5) is 0. The van der Waals surface area contributed by atoms with E-state index >= 15 is 0 Å². The number of rotatable bonds is 4. The summed E-state index contributed by atoms with van der Waals surface area (Å²) in [6.07, 6.45) is 0.949. The molecule has 1 saturated carbocycles. The molecule has 0 spiro atoms. The highest BCUT2D eigenvalue weighted by atomic mass is 19.3. The number of benzene rings is 1. The minimum atomic E-state index is -2.49. The smallest absolute Gasteiger partial charge is 0.248 e. The van der Waals surface area contributed by atoms with Crippen molar-refractivity contribution < 1.29 is 13.5 Å². The van der Waals surface area contributed by atoms with Crippen molar-refractivity contribution in [3.05, 3.63) is 29.3 Å². The Labute approximate surface area is 112 Å². The number of nitrogens with two attached hydrogens (primary N) is 1. The molecule has 0 bridgehead atoms. The zero-order valence-corrected chi connectivity index (χ0v) is 11.3. The topological polar surface area (TPSA) is 35.2 Å². The van der Waals surface area contributed by atoms with E-state index in [0.29, 0.717) is 31.7 Å². The summed E-state index contributed by atoms with van der Waals surface area (Å²) in [7, 11) is 0. The normalized spacial score (nSPS) is 19.5. The number of alkyl halides is 2. The summed E-state index contributed by atoms with van der Waals surface area (Å²) >= 11 is 0. The predicted octanol–water partition coefficient (Wildman–Crippen LogP) is 4.10. The Morgan fingerprint density at radius 2 is 2.00 bits per heavy atom. The van der Waals surface area contributed by atoms with Crippen LogP contribution in [0.3, 0.4) is 0 Å². The second kappa shape index (κ2) is 5.87. The van der Waals surface area contributed by atoms with Crippen LogP contribution in [0.25, 0.3) is 0 Å². The molecule has 0 radical (unpaired) electrons. The summed E-state index contributed by atoms with van der Waals surface area (Å²) in [6.45, 7) is 3.06. The van der Waals surface area contributed by atoms with E-state index in [1.165, 1.54) is 0 Å². The fourth-order valence-corrected chi connectivity index (χ4v) is 2.68. The molecule has 106 valence electrons. The highest BCUT2D eigenvalue weighted by molar-refractivity contribution is 5.55. The molecule has 1 aromatic rings. The van der Waals surface area contributed by atoms with Gasteiger partial charge < -0.3 is 10.5 Å². The van der Waals surface area contributed by atoms with Crippen molar-refractivity contribution in [1.29, 1.82) is 0 Å². The summed E-state index contributed by atoms with van der Waals surface area (Å²) in [5, 5.41) is 0. The van der Waals surface area contributed by atoms with Crippen LogP contribution < -0.4 is 5.73 Å². The van der Waals surface area contributed by atoms with Crippen LogP contribution >= 0.6 is 0 Å². The maximum Gasteiger partial charge on any atom is 0.248 e. The van der Waals surface area contributed by atoms with Gasteiger partial charge in [0.05, 0.1) is 6.61 Å². The third-order valence-corrected chi connectivity index (χ3v) is 3.85. The molecule has 0 unspecified atom stereocenters. The summed E-state index contributed by atoms with van der Waals surface area (Å²) in [6, 6.07) is 5.83. The first kappa shape index (κ1) is 14.3. The first-order valence-corrected chi connectivity index (χ1v) is 6.86. The van der Waals surface area contributed by atoms with Crippen LogP contribution in [0.1, 0.15) is 49.7 Å². The van der Waals surface area contributed by atoms with Gasteiger partial charge in [0.2, 0.25) is 5.92 Å². The van der Waals surface area contributed by atoms with Crippen molar-refractivity contribution in [3.63, 3.8) is 0 Å². The molecule has 0 amide bonds. The van der Waals surface area contributed by atoms with Crippen LogP contribution in [-0.4, -0.2) is 12.5 Å². The number of para-hydroxylation sites is 1. The Hall–Kier alpha value is -1.16. The molecule has 0 atom stereocenters. The molecular formula is C15H21F2NO. The van der Waals surface area contributed by atoms with Crippen molar-refractivity contribution in [2.45, 2.75) is 51.1 Å². The molecule has 0 heterocycles. The highest BCUT2D eigenvalue weighted by Crippen LogP contribution is 2.42. The maximum absolute atomic E-state index is 13.2. The Morgan fingerprint density at radius 3 is 2.63 bits per heavy atom. The van der Waals surface area contributed by atoms with E-state index in [4.69, 9.17) is 10.5 Å². The van der Waals surface area contributed by atoms with Gasteiger partial charge in [-0.1, -0.05) is 18.2 Å². The van der Waals surface area contributed by atoms with E-state index in [0.717, 1.165) is 11.1 Å². The average molecular weight is 269 g/mol. The Balaban J connectivity index is 2.12. The number of hydrogen-bond donors (Lipinski definition) is 1. The lowest BCUT2D eigenvalue weighted by Gasteiger charge is -2.29. The van der Waals surface area contributed by atoms with E-state index in [2.05, 4.69) is 0 Å². The molecule has 0 aliphatic heterocycles. The number of ether oxygens (including phenoxy) is 1. The van der Waals surface area contributed by atoms with Crippen molar-refractivity contribution >= 4 is 5.69 Å². The fraction of sp³-hybridized carbons (Fsp3) is 0.600. The van der Waals surface area contributed by atoms with E-state index in [1.54, 1.807) is 0 Å². The molecule has 0 saturated heterocycles. The zero-order chi connectivity index (χ0) is 13.9. The molecule has 2 N–H and O–H groups in total. The zero-order valence-electron chi connectivity index (χ0n) is 11.3. The van der Waals surface area contributed by atoms with Crippen LogP contribution in [0.4, 0.5) is 14.5 Å². The van der Waals surface area contributed by atoms with Gasteiger partial charge in [-0.2, -0.15) is 0 Å². The van der Waals surface area contributed by atoms with E-state index in [1.807, 2.05) is 25.1 Å². The third-order valence-electron chi connectivity index (χ3n) is 3.85. The molecule has 1 aliphatic carbocycles. The monoisotopic (exact) mass is 269 g/mol. The third kappa shape index (κ3) is 3.44. The van der Waals surface area contributed by atoms with Crippen LogP contribution in [0.2, 0.25) is 0 Å². The largest absolute Gasteiger partial charge is 0.398 e. The van der Waals surface area contributed by atoms with Gasteiger partial charge in [-0.3, -0.25) is 0 Å². The lowest BCUT2D eigenvalue weighted by molar-refractivity contribution is -0.0381. The van der Waals surface area contributed by atoms with E-state index in [9.17, 15) is 8.78 Å². The van der Waals surface area contributed by atoms with Gasteiger partial charge in [0.1, 0.15) is 0 Å². The second-order valence-corrected chi connectivity index (χ2v) is 5.19. The molecule has 1 aliphatic rings. The van der Waals surface area contributed by atoms with Crippen molar-refractivity contribution in [1.82, 2.24) is 0 Å². The summed E-state index contributed by atoms with van der Waals surface area (Å²) in [5.41, 5.74) is 8.83. The molecule has 1 fully saturated rings. The lowest BCUT2D eigenvalue weighted by Crippen LogP contribution is -2.24. The SMILES string of the molecule is CCOCc1cccc(C2CCC(F)(F)CC2)c1N. The minimum absolute atomic E-state index is 0.0349. The lowest BCUT2D eigenvalue weighted by atomic mass is 9.81. The van der Waals surface area contributed by atoms with Crippen LogP contribution in [0.15, 0.2) is 18.2 Å². The van der Waals surface area contributed by atoms with Gasteiger partial charge in [-0.05, 0) is 31.2 Å². The van der Waals surface area contributed by atoms with Gasteiger partial charge in [0, 0.05) is 30.7 Å². The van der Waals surface area contributed by atoms with Crippen LogP contribution in [-0.2, 0) is 11.3 Å². The maximum atomic E-state index is 13.2. The molecule has 19 heavy (non-hydrogen) atoms. The fourth-order valence-electron chi connectivity index (χ4n) is 2.68. The Bertz CT molecular complexity index is 424.